The molecule has 0 aromatic heterocycles. The van der Waals surface area contributed by atoms with Crippen molar-refractivity contribution in [3.8, 4) is 0 Å². The van der Waals surface area contributed by atoms with Crippen LogP contribution in [0, 0.1) is 5.92 Å². The molecule has 1 amide bonds. The second kappa shape index (κ2) is 2.90. The van der Waals surface area contributed by atoms with Crippen LogP contribution in [0.2, 0.25) is 0 Å². The second-order valence-electron chi connectivity index (χ2n) is 2.84. The maximum absolute atomic E-state index is 11.0. The molecule has 1 aliphatic rings. The number of likely N-dealkylation sites (tertiary alicyclic amines) is 1. The van der Waals surface area contributed by atoms with Crippen molar-refractivity contribution in [2.75, 3.05) is 13.1 Å². The van der Waals surface area contributed by atoms with Crippen molar-refractivity contribution in [2.45, 2.75) is 13.3 Å². The normalized spacial score (nSPS) is 25.4. The van der Waals surface area contributed by atoms with Gasteiger partial charge < -0.3 is 14.8 Å². The Labute approximate surface area is 64.8 Å². The molecular formula is C7H10NO3-. The first-order chi connectivity index (χ1) is 5.11. The molecule has 4 nitrogen and oxygen atoms in total. The van der Waals surface area contributed by atoms with E-state index in [0.29, 0.717) is 13.0 Å². The summed E-state index contributed by atoms with van der Waals surface area (Å²) in [4.78, 5) is 22.3. The minimum Gasteiger partial charge on any atom is -0.530 e. The van der Waals surface area contributed by atoms with E-state index in [4.69, 9.17) is 0 Å². The SMILES string of the molecule is CC1CCN(C(=O)[O-])CC1=O. The van der Waals surface area contributed by atoms with E-state index >= 15 is 0 Å². The molecule has 62 valence electrons. The number of amides is 1. The third-order valence-corrected chi connectivity index (χ3v) is 1.99. The summed E-state index contributed by atoms with van der Waals surface area (Å²) in [6.45, 7) is 2.24. The van der Waals surface area contributed by atoms with E-state index in [9.17, 15) is 14.7 Å². The predicted octanol–water partition coefficient (Wildman–Crippen LogP) is -0.759. The number of carboxylic acid groups (broad SMARTS) is 1. The first kappa shape index (κ1) is 8.04. The molecule has 1 heterocycles. The van der Waals surface area contributed by atoms with Crippen LogP contribution >= 0.6 is 0 Å². The van der Waals surface area contributed by atoms with Gasteiger partial charge in [0.2, 0.25) is 0 Å². The van der Waals surface area contributed by atoms with Gasteiger partial charge in [0.05, 0.1) is 6.54 Å². The number of piperidine rings is 1. The topological polar surface area (TPSA) is 60.4 Å². The molecule has 0 aromatic rings. The summed E-state index contributed by atoms with van der Waals surface area (Å²) in [6.07, 6.45) is -0.627. The molecule has 1 saturated heterocycles. The van der Waals surface area contributed by atoms with Crippen LogP contribution in [0.5, 0.6) is 0 Å². The molecule has 11 heavy (non-hydrogen) atoms. The van der Waals surface area contributed by atoms with E-state index in [1.54, 1.807) is 0 Å². The van der Waals surface area contributed by atoms with E-state index in [1.807, 2.05) is 6.92 Å². The van der Waals surface area contributed by atoms with Crippen molar-refractivity contribution in [2.24, 2.45) is 5.92 Å². The van der Waals surface area contributed by atoms with Crippen LogP contribution in [0.1, 0.15) is 13.3 Å². The van der Waals surface area contributed by atoms with Crippen LogP contribution in [-0.2, 0) is 4.79 Å². The largest absolute Gasteiger partial charge is 0.530 e. The second-order valence-corrected chi connectivity index (χ2v) is 2.84. The van der Waals surface area contributed by atoms with Crippen molar-refractivity contribution in [3.05, 3.63) is 0 Å². The van der Waals surface area contributed by atoms with Gasteiger partial charge in [0.25, 0.3) is 0 Å². The number of rotatable bonds is 0. The summed E-state index contributed by atoms with van der Waals surface area (Å²) >= 11 is 0. The Balaban J connectivity index is 2.53. The van der Waals surface area contributed by atoms with Gasteiger partial charge >= 0.3 is 0 Å². The smallest absolute Gasteiger partial charge is 0.154 e. The van der Waals surface area contributed by atoms with Gasteiger partial charge in [-0.3, -0.25) is 4.79 Å². The summed E-state index contributed by atoms with van der Waals surface area (Å²) < 4.78 is 0. The highest BCUT2D eigenvalue weighted by Gasteiger charge is 2.22. The van der Waals surface area contributed by atoms with Crippen LogP contribution < -0.4 is 5.11 Å². The molecule has 1 fully saturated rings. The highest BCUT2D eigenvalue weighted by Crippen LogP contribution is 2.11. The zero-order chi connectivity index (χ0) is 8.43. The fraction of sp³-hybridized carbons (Fsp3) is 0.714. The lowest BCUT2D eigenvalue weighted by molar-refractivity contribution is -0.266. The first-order valence-corrected chi connectivity index (χ1v) is 3.60. The molecule has 1 atom stereocenters. The molecule has 0 radical (unpaired) electrons. The minimum atomic E-state index is -1.25. The lowest BCUT2D eigenvalue weighted by atomic mass is 9.98. The highest BCUT2D eigenvalue weighted by atomic mass is 16.4. The van der Waals surface area contributed by atoms with Gasteiger partial charge in [-0.05, 0) is 6.42 Å². The first-order valence-electron chi connectivity index (χ1n) is 3.60. The van der Waals surface area contributed by atoms with Crippen LogP contribution in [0.4, 0.5) is 4.79 Å². The number of Topliss-reactive ketones (excluding diaryl/α,β-unsaturated/α-hetero) is 1. The van der Waals surface area contributed by atoms with Gasteiger partial charge in [-0.2, -0.15) is 0 Å². The molecule has 4 heteroatoms. The monoisotopic (exact) mass is 156 g/mol. The fourth-order valence-corrected chi connectivity index (χ4v) is 1.09. The molecule has 0 bridgehead atoms. The maximum atomic E-state index is 11.0. The van der Waals surface area contributed by atoms with Crippen molar-refractivity contribution in [1.29, 1.82) is 0 Å². The average Bonchev–Trinajstić information content (AvgIpc) is 1.94. The Kier molecular flexibility index (Phi) is 2.12. The summed E-state index contributed by atoms with van der Waals surface area (Å²) in [5.74, 6) is -0.00829. The van der Waals surface area contributed by atoms with Crippen LogP contribution in [0.25, 0.3) is 0 Å². The number of ketones is 1. The molecule has 0 N–H and O–H groups in total. The zero-order valence-corrected chi connectivity index (χ0v) is 6.37. The number of carbonyl (C=O) groups excluding carboxylic acids is 2. The van der Waals surface area contributed by atoms with Crippen molar-refractivity contribution >= 4 is 11.9 Å². The van der Waals surface area contributed by atoms with E-state index in [0.717, 1.165) is 4.90 Å². The maximum Gasteiger partial charge on any atom is 0.154 e. The Morgan fingerprint density at radius 3 is 2.82 bits per heavy atom. The van der Waals surface area contributed by atoms with Crippen LogP contribution in [0.15, 0.2) is 0 Å². The Hall–Kier alpha value is -1.06. The number of nitrogens with zero attached hydrogens (tertiary/aromatic N) is 1. The van der Waals surface area contributed by atoms with Crippen LogP contribution in [-0.4, -0.2) is 29.9 Å². The van der Waals surface area contributed by atoms with Crippen molar-refractivity contribution in [1.82, 2.24) is 4.90 Å². The van der Waals surface area contributed by atoms with Gasteiger partial charge in [0.1, 0.15) is 6.09 Å². The molecule has 1 rings (SSSR count). The Bertz CT molecular complexity index is 190. The molecule has 0 aliphatic carbocycles. The quantitative estimate of drug-likeness (QED) is 0.463. The zero-order valence-electron chi connectivity index (χ0n) is 6.37. The van der Waals surface area contributed by atoms with E-state index in [-0.39, 0.29) is 18.2 Å². The minimum absolute atomic E-state index is 0.00347. The van der Waals surface area contributed by atoms with Crippen LogP contribution in [0.3, 0.4) is 0 Å². The summed E-state index contributed by atoms with van der Waals surface area (Å²) in [6, 6.07) is 0. The Morgan fingerprint density at radius 1 is 1.73 bits per heavy atom. The molecule has 0 saturated carbocycles. The number of carbonyl (C=O) groups is 2. The molecule has 1 aliphatic heterocycles. The van der Waals surface area contributed by atoms with E-state index in [1.165, 1.54) is 0 Å². The lowest BCUT2D eigenvalue weighted by Crippen LogP contribution is -2.48. The highest BCUT2D eigenvalue weighted by molar-refractivity contribution is 5.86. The van der Waals surface area contributed by atoms with E-state index < -0.39 is 6.09 Å². The van der Waals surface area contributed by atoms with Crippen molar-refractivity contribution < 1.29 is 14.7 Å². The lowest BCUT2D eigenvalue weighted by Gasteiger charge is -2.30. The van der Waals surface area contributed by atoms with Gasteiger partial charge in [-0.25, -0.2) is 0 Å². The number of hydrogen-bond acceptors (Lipinski definition) is 3. The molecular weight excluding hydrogens is 146 g/mol. The van der Waals surface area contributed by atoms with E-state index in [2.05, 4.69) is 0 Å². The van der Waals surface area contributed by atoms with Crippen molar-refractivity contribution in [3.63, 3.8) is 0 Å². The third-order valence-electron chi connectivity index (χ3n) is 1.99. The van der Waals surface area contributed by atoms with Gasteiger partial charge in [-0.1, -0.05) is 6.92 Å². The number of hydrogen-bond donors (Lipinski definition) is 0. The average molecular weight is 156 g/mol. The standard InChI is InChI=1S/C7H11NO3/c1-5-2-3-8(7(10)11)4-6(5)9/h5H,2-4H2,1H3,(H,10,11)/p-1. The summed E-state index contributed by atoms with van der Waals surface area (Å²) in [5.41, 5.74) is 0. The van der Waals surface area contributed by atoms with Gasteiger partial charge in [0, 0.05) is 12.5 Å². The fourth-order valence-electron chi connectivity index (χ4n) is 1.09. The molecule has 1 unspecified atom stereocenters. The predicted molar refractivity (Wildman–Crippen MR) is 35.8 cm³/mol. The van der Waals surface area contributed by atoms with Gasteiger partial charge in [0.15, 0.2) is 5.78 Å². The molecule has 0 spiro atoms. The molecule has 0 aromatic carbocycles. The third kappa shape index (κ3) is 1.69. The summed E-state index contributed by atoms with van der Waals surface area (Å²) in [5, 5.41) is 10.3. The van der Waals surface area contributed by atoms with Gasteiger partial charge in [-0.15, -0.1) is 0 Å². The summed E-state index contributed by atoms with van der Waals surface area (Å²) in [7, 11) is 0. The Morgan fingerprint density at radius 2 is 2.36 bits per heavy atom.